The van der Waals surface area contributed by atoms with Crippen LogP contribution in [0, 0.1) is 12.3 Å². The Morgan fingerprint density at radius 3 is 1.43 bits per heavy atom. The molecule has 0 amide bonds. The molecule has 0 saturated heterocycles. The molecule has 0 bridgehead atoms. The predicted molar refractivity (Wildman–Crippen MR) is 121 cm³/mol. The smallest absolute Gasteiger partial charge is 0.303 e. The minimum Gasteiger partial charge on any atom is -0.481 e. The largest absolute Gasteiger partial charge is 0.481 e. The molecule has 3 N–H and O–H groups in total. The molecule has 0 atom stereocenters. The second kappa shape index (κ2) is 24.0. The first kappa shape index (κ1) is 27.0. The van der Waals surface area contributed by atoms with Gasteiger partial charge in [0.25, 0.3) is 0 Å². The minimum atomic E-state index is -0.664. The van der Waals surface area contributed by atoms with Crippen LogP contribution in [0.3, 0.4) is 0 Å². The lowest BCUT2D eigenvalue weighted by Gasteiger charge is -2.07. The van der Waals surface area contributed by atoms with Crippen molar-refractivity contribution in [2.24, 2.45) is 0 Å². The van der Waals surface area contributed by atoms with Crippen LogP contribution >= 0.6 is 0 Å². The lowest BCUT2D eigenvalue weighted by molar-refractivity contribution is -0.137. The number of carboxylic acid groups (broad SMARTS) is 1. The molecule has 164 valence electrons. The van der Waals surface area contributed by atoms with Crippen molar-refractivity contribution in [1.29, 1.82) is 0 Å². The molecule has 0 fully saturated rings. The first-order chi connectivity index (χ1) is 13.8. The van der Waals surface area contributed by atoms with Crippen molar-refractivity contribution in [3.05, 3.63) is 0 Å². The van der Waals surface area contributed by atoms with Gasteiger partial charge in [-0.15, -0.1) is 12.3 Å². The quantitative estimate of drug-likeness (QED) is 0.158. The Morgan fingerprint density at radius 1 is 0.607 bits per heavy atom. The van der Waals surface area contributed by atoms with E-state index in [0.717, 1.165) is 45.4 Å². The molecule has 0 unspecified atom stereocenters. The molecule has 0 rings (SSSR count). The highest BCUT2D eigenvalue weighted by Gasteiger charge is 1.97. The maximum Gasteiger partial charge on any atom is 0.303 e. The monoisotopic (exact) mass is 394 g/mol. The number of rotatable bonds is 23. The fourth-order valence-corrected chi connectivity index (χ4v) is 3.37. The maximum atomic E-state index is 10.4. The molecule has 28 heavy (non-hydrogen) atoms. The van der Waals surface area contributed by atoms with Crippen molar-refractivity contribution in [2.75, 3.05) is 26.2 Å². The van der Waals surface area contributed by atoms with E-state index in [1.165, 1.54) is 83.5 Å². The zero-order valence-electron chi connectivity index (χ0n) is 18.3. The number of unbranched alkanes of at least 4 members (excludes halogenated alkanes) is 14. The number of nitrogens with one attached hydrogen (secondary N) is 2. The van der Waals surface area contributed by atoms with Gasteiger partial charge in [-0.05, 0) is 38.8 Å². The van der Waals surface area contributed by atoms with Crippen LogP contribution in [0.15, 0.2) is 0 Å². The Kier molecular flexibility index (Phi) is 23.1. The molecule has 0 heterocycles. The topological polar surface area (TPSA) is 61.4 Å². The summed E-state index contributed by atoms with van der Waals surface area (Å²) in [4.78, 5) is 10.4. The summed E-state index contributed by atoms with van der Waals surface area (Å²) in [6.07, 6.45) is 25.2. The van der Waals surface area contributed by atoms with Gasteiger partial charge in [0, 0.05) is 25.9 Å². The van der Waals surface area contributed by atoms with Gasteiger partial charge in [-0.1, -0.05) is 70.6 Å². The Labute approximate surface area is 174 Å². The first-order valence-corrected chi connectivity index (χ1v) is 11.8. The zero-order chi connectivity index (χ0) is 20.5. The van der Waals surface area contributed by atoms with E-state index in [1.54, 1.807) is 0 Å². The third-order valence-electron chi connectivity index (χ3n) is 5.15. The third-order valence-corrected chi connectivity index (χ3v) is 5.15. The highest BCUT2D eigenvalue weighted by Crippen LogP contribution is 2.10. The van der Waals surface area contributed by atoms with Crippen LogP contribution < -0.4 is 10.6 Å². The number of terminal acetylenes is 1. The fraction of sp³-hybridized carbons (Fsp3) is 0.875. The molecule has 4 heteroatoms. The van der Waals surface area contributed by atoms with E-state index in [2.05, 4.69) is 16.6 Å². The summed E-state index contributed by atoms with van der Waals surface area (Å²) in [7, 11) is 0. The molecule has 4 nitrogen and oxygen atoms in total. The van der Waals surface area contributed by atoms with Gasteiger partial charge in [-0.3, -0.25) is 4.79 Å². The van der Waals surface area contributed by atoms with Gasteiger partial charge < -0.3 is 15.7 Å². The van der Waals surface area contributed by atoms with E-state index >= 15 is 0 Å². The van der Waals surface area contributed by atoms with Crippen molar-refractivity contribution < 1.29 is 9.90 Å². The fourth-order valence-electron chi connectivity index (χ4n) is 3.37. The Morgan fingerprint density at radius 2 is 1.00 bits per heavy atom. The number of carbonyl (C=O) groups is 1. The summed E-state index contributed by atoms with van der Waals surface area (Å²) in [5, 5.41) is 15.6. The predicted octanol–water partition coefficient (Wildman–Crippen LogP) is 5.52. The standard InChI is InChI=1S/C24H46N2O2/c1-2-3-4-5-6-11-14-17-20-25-22-23-26-21-18-15-12-9-7-8-10-13-16-19-24(27)28/h1,25-26H,3-23H2,(H,27,28). The van der Waals surface area contributed by atoms with Gasteiger partial charge in [0.05, 0.1) is 0 Å². The normalized spacial score (nSPS) is 10.8. The van der Waals surface area contributed by atoms with E-state index in [9.17, 15) is 4.79 Å². The summed E-state index contributed by atoms with van der Waals surface area (Å²) >= 11 is 0. The molecule has 0 radical (unpaired) electrons. The summed E-state index contributed by atoms with van der Waals surface area (Å²) < 4.78 is 0. The van der Waals surface area contributed by atoms with Crippen LogP contribution in [0.25, 0.3) is 0 Å². The third kappa shape index (κ3) is 24.9. The second-order valence-corrected chi connectivity index (χ2v) is 7.90. The van der Waals surface area contributed by atoms with E-state index in [1.807, 2.05) is 0 Å². The molecule has 0 aromatic carbocycles. The molecule has 0 aliphatic heterocycles. The molecule has 0 aliphatic carbocycles. The molecule has 0 aliphatic rings. The maximum absolute atomic E-state index is 10.4. The second-order valence-electron chi connectivity index (χ2n) is 7.90. The lowest BCUT2D eigenvalue weighted by Crippen LogP contribution is -2.28. The molecule has 0 aromatic rings. The summed E-state index contributed by atoms with van der Waals surface area (Å²) in [6, 6.07) is 0. The van der Waals surface area contributed by atoms with Gasteiger partial charge in [0.1, 0.15) is 0 Å². The highest BCUT2D eigenvalue weighted by molar-refractivity contribution is 5.66. The van der Waals surface area contributed by atoms with E-state index in [0.29, 0.717) is 6.42 Å². The lowest BCUT2D eigenvalue weighted by atomic mass is 10.1. The number of hydrogen-bond acceptors (Lipinski definition) is 3. The van der Waals surface area contributed by atoms with Crippen LogP contribution in [0.2, 0.25) is 0 Å². The van der Waals surface area contributed by atoms with Crippen molar-refractivity contribution in [1.82, 2.24) is 10.6 Å². The van der Waals surface area contributed by atoms with Gasteiger partial charge in [0.2, 0.25) is 0 Å². The molecule has 0 saturated carbocycles. The molecule has 0 spiro atoms. The van der Waals surface area contributed by atoms with Gasteiger partial charge in [-0.25, -0.2) is 0 Å². The average Bonchev–Trinajstić information content (AvgIpc) is 2.68. The Hall–Kier alpha value is -1.05. The van der Waals surface area contributed by atoms with E-state index in [4.69, 9.17) is 11.5 Å². The van der Waals surface area contributed by atoms with Crippen LogP contribution in [-0.2, 0) is 4.79 Å². The van der Waals surface area contributed by atoms with Gasteiger partial charge in [-0.2, -0.15) is 0 Å². The molecular weight excluding hydrogens is 348 g/mol. The summed E-state index contributed by atoms with van der Waals surface area (Å²) in [6.45, 7) is 4.42. The Balaban J connectivity index is 3.00. The van der Waals surface area contributed by atoms with Crippen molar-refractivity contribution >= 4 is 5.97 Å². The summed E-state index contributed by atoms with van der Waals surface area (Å²) in [5.74, 6) is 2.04. The first-order valence-electron chi connectivity index (χ1n) is 11.8. The van der Waals surface area contributed by atoms with E-state index in [-0.39, 0.29) is 0 Å². The van der Waals surface area contributed by atoms with Crippen molar-refractivity contribution in [3.63, 3.8) is 0 Å². The van der Waals surface area contributed by atoms with Crippen LogP contribution in [0.1, 0.15) is 109 Å². The van der Waals surface area contributed by atoms with Gasteiger partial charge in [0.15, 0.2) is 0 Å². The number of carboxylic acids is 1. The van der Waals surface area contributed by atoms with Crippen molar-refractivity contribution in [2.45, 2.75) is 109 Å². The number of hydrogen-bond donors (Lipinski definition) is 3. The van der Waals surface area contributed by atoms with Crippen LogP contribution in [0.4, 0.5) is 0 Å². The van der Waals surface area contributed by atoms with Crippen LogP contribution in [-0.4, -0.2) is 37.3 Å². The zero-order valence-corrected chi connectivity index (χ0v) is 18.3. The minimum absolute atomic E-state index is 0.330. The molecule has 0 aromatic heterocycles. The SMILES string of the molecule is C#CCCCCCCCCNCCNCCCCCCCCCCCC(=O)O. The van der Waals surface area contributed by atoms with Gasteiger partial charge >= 0.3 is 5.97 Å². The van der Waals surface area contributed by atoms with E-state index < -0.39 is 5.97 Å². The molecular formula is C24H46N2O2. The van der Waals surface area contributed by atoms with Crippen molar-refractivity contribution in [3.8, 4) is 12.3 Å². The average molecular weight is 395 g/mol. The van der Waals surface area contributed by atoms with Crippen LogP contribution in [0.5, 0.6) is 0 Å². The number of aliphatic carboxylic acids is 1. The highest BCUT2D eigenvalue weighted by atomic mass is 16.4. The summed E-state index contributed by atoms with van der Waals surface area (Å²) in [5.41, 5.74) is 0. The Bertz CT molecular complexity index is 366.